The van der Waals surface area contributed by atoms with E-state index in [2.05, 4.69) is 39.0 Å². The Morgan fingerprint density at radius 2 is 1.94 bits per heavy atom. The Hall–Kier alpha value is -0.860. The quantitative estimate of drug-likeness (QED) is 0.819. The standard InChI is InChI=1S/C14H23NO/c1-10-5-6-13(9-11(10)2)14(4,7-8-16)12(3)15/h5-6,9,12,16H,7-8,15H2,1-4H3. The second-order valence-corrected chi connectivity index (χ2v) is 4.98. The Balaban J connectivity index is 3.16. The maximum Gasteiger partial charge on any atom is 0.0440 e. The van der Waals surface area contributed by atoms with Gasteiger partial charge >= 0.3 is 0 Å². The average molecular weight is 221 g/mol. The van der Waals surface area contributed by atoms with Gasteiger partial charge < -0.3 is 10.8 Å². The molecule has 16 heavy (non-hydrogen) atoms. The van der Waals surface area contributed by atoms with Crippen molar-refractivity contribution in [3.63, 3.8) is 0 Å². The minimum atomic E-state index is -0.146. The van der Waals surface area contributed by atoms with Crippen molar-refractivity contribution in [2.45, 2.75) is 45.6 Å². The summed E-state index contributed by atoms with van der Waals surface area (Å²) in [5.41, 5.74) is 9.71. The van der Waals surface area contributed by atoms with Crippen LogP contribution in [0, 0.1) is 13.8 Å². The van der Waals surface area contributed by atoms with Crippen LogP contribution in [0.25, 0.3) is 0 Å². The van der Waals surface area contributed by atoms with Crippen LogP contribution in [0.5, 0.6) is 0 Å². The third-order valence-electron chi connectivity index (χ3n) is 3.80. The van der Waals surface area contributed by atoms with Gasteiger partial charge in [0, 0.05) is 18.1 Å². The zero-order valence-electron chi connectivity index (χ0n) is 10.7. The van der Waals surface area contributed by atoms with Gasteiger partial charge in [-0.3, -0.25) is 0 Å². The molecule has 2 unspecified atom stereocenters. The van der Waals surface area contributed by atoms with Crippen molar-refractivity contribution in [3.8, 4) is 0 Å². The van der Waals surface area contributed by atoms with Gasteiger partial charge in [-0.2, -0.15) is 0 Å². The van der Waals surface area contributed by atoms with Crippen LogP contribution in [0.3, 0.4) is 0 Å². The van der Waals surface area contributed by atoms with E-state index in [0.717, 1.165) is 0 Å². The summed E-state index contributed by atoms with van der Waals surface area (Å²) in [6, 6.07) is 6.47. The van der Waals surface area contributed by atoms with Crippen LogP contribution in [-0.4, -0.2) is 17.8 Å². The molecule has 0 saturated heterocycles. The highest BCUT2D eigenvalue weighted by atomic mass is 16.3. The molecular formula is C14H23NO. The molecule has 1 aromatic rings. The normalized spacial score (nSPS) is 16.9. The van der Waals surface area contributed by atoms with Gasteiger partial charge in [-0.25, -0.2) is 0 Å². The van der Waals surface area contributed by atoms with Crippen LogP contribution in [0.2, 0.25) is 0 Å². The first-order chi connectivity index (χ1) is 7.41. The summed E-state index contributed by atoms with van der Waals surface area (Å²) in [6.07, 6.45) is 0.702. The molecule has 0 spiro atoms. The topological polar surface area (TPSA) is 46.2 Å². The third kappa shape index (κ3) is 2.45. The number of benzene rings is 1. The molecule has 90 valence electrons. The van der Waals surface area contributed by atoms with E-state index < -0.39 is 0 Å². The highest BCUT2D eigenvalue weighted by Crippen LogP contribution is 2.31. The number of aliphatic hydroxyl groups excluding tert-OH is 1. The maximum atomic E-state index is 9.18. The molecule has 1 aromatic carbocycles. The molecule has 0 bridgehead atoms. The Morgan fingerprint density at radius 1 is 1.31 bits per heavy atom. The number of rotatable bonds is 4. The molecular weight excluding hydrogens is 198 g/mol. The SMILES string of the molecule is Cc1ccc(C(C)(CCO)C(C)N)cc1C. The molecule has 1 rings (SSSR count). The molecule has 0 aliphatic rings. The fourth-order valence-electron chi connectivity index (χ4n) is 1.96. The Morgan fingerprint density at radius 3 is 2.38 bits per heavy atom. The van der Waals surface area contributed by atoms with Crippen molar-refractivity contribution in [1.29, 1.82) is 0 Å². The van der Waals surface area contributed by atoms with Crippen molar-refractivity contribution in [2.75, 3.05) is 6.61 Å². The van der Waals surface area contributed by atoms with Crippen LogP contribution in [0.4, 0.5) is 0 Å². The lowest BCUT2D eigenvalue weighted by molar-refractivity contribution is 0.229. The van der Waals surface area contributed by atoms with Crippen molar-refractivity contribution < 1.29 is 5.11 Å². The summed E-state index contributed by atoms with van der Waals surface area (Å²) in [5.74, 6) is 0. The van der Waals surface area contributed by atoms with E-state index in [0.29, 0.717) is 6.42 Å². The van der Waals surface area contributed by atoms with Crippen LogP contribution in [0.1, 0.15) is 37.0 Å². The van der Waals surface area contributed by atoms with E-state index in [1.807, 2.05) is 6.92 Å². The second-order valence-electron chi connectivity index (χ2n) is 4.98. The van der Waals surface area contributed by atoms with E-state index in [-0.39, 0.29) is 18.1 Å². The number of hydrogen-bond donors (Lipinski definition) is 2. The first-order valence-electron chi connectivity index (χ1n) is 5.86. The van der Waals surface area contributed by atoms with Gasteiger partial charge in [-0.05, 0) is 43.9 Å². The Labute approximate surface area is 98.5 Å². The van der Waals surface area contributed by atoms with Gasteiger partial charge in [0.25, 0.3) is 0 Å². The van der Waals surface area contributed by atoms with Crippen LogP contribution >= 0.6 is 0 Å². The summed E-state index contributed by atoms with van der Waals surface area (Å²) in [7, 11) is 0. The predicted molar refractivity (Wildman–Crippen MR) is 68.6 cm³/mol. The fourth-order valence-corrected chi connectivity index (χ4v) is 1.96. The highest BCUT2D eigenvalue weighted by Gasteiger charge is 2.30. The first-order valence-corrected chi connectivity index (χ1v) is 5.86. The highest BCUT2D eigenvalue weighted by molar-refractivity contribution is 5.35. The van der Waals surface area contributed by atoms with Crippen LogP contribution < -0.4 is 5.73 Å². The molecule has 0 amide bonds. The van der Waals surface area contributed by atoms with E-state index >= 15 is 0 Å². The van der Waals surface area contributed by atoms with Gasteiger partial charge in [0.15, 0.2) is 0 Å². The molecule has 0 saturated carbocycles. The number of hydrogen-bond acceptors (Lipinski definition) is 2. The van der Waals surface area contributed by atoms with Gasteiger partial charge in [0.2, 0.25) is 0 Å². The summed E-state index contributed by atoms with van der Waals surface area (Å²) in [6.45, 7) is 8.52. The number of aryl methyl sites for hydroxylation is 2. The summed E-state index contributed by atoms with van der Waals surface area (Å²) >= 11 is 0. The number of nitrogens with two attached hydrogens (primary N) is 1. The van der Waals surface area contributed by atoms with E-state index in [1.54, 1.807) is 0 Å². The van der Waals surface area contributed by atoms with Crippen molar-refractivity contribution in [2.24, 2.45) is 5.73 Å². The molecule has 3 N–H and O–H groups in total. The Kier molecular flexibility index (Phi) is 4.11. The van der Waals surface area contributed by atoms with Gasteiger partial charge in [0.05, 0.1) is 0 Å². The first kappa shape index (κ1) is 13.2. The fraction of sp³-hybridized carbons (Fsp3) is 0.571. The second kappa shape index (κ2) is 4.98. The van der Waals surface area contributed by atoms with Crippen molar-refractivity contribution in [1.82, 2.24) is 0 Å². The zero-order valence-corrected chi connectivity index (χ0v) is 10.7. The largest absolute Gasteiger partial charge is 0.396 e. The molecule has 0 aliphatic heterocycles. The molecule has 2 heteroatoms. The molecule has 0 aromatic heterocycles. The smallest absolute Gasteiger partial charge is 0.0440 e. The minimum Gasteiger partial charge on any atom is -0.396 e. The maximum absolute atomic E-state index is 9.18. The summed E-state index contributed by atoms with van der Waals surface area (Å²) in [4.78, 5) is 0. The molecule has 0 aliphatic carbocycles. The van der Waals surface area contributed by atoms with Gasteiger partial charge in [-0.15, -0.1) is 0 Å². The van der Waals surface area contributed by atoms with Crippen molar-refractivity contribution >= 4 is 0 Å². The predicted octanol–water partition coefficient (Wildman–Crippen LogP) is 2.29. The van der Waals surface area contributed by atoms with Gasteiger partial charge in [0.1, 0.15) is 0 Å². The molecule has 2 nitrogen and oxygen atoms in total. The molecule has 2 atom stereocenters. The van der Waals surface area contributed by atoms with E-state index in [9.17, 15) is 5.11 Å². The monoisotopic (exact) mass is 221 g/mol. The molecule has 0 fully saturated rings. The lowest BCUT2D eigenvalue weighted by atomic mass is 9.74. The zero-order chi connectivity index (χ0) is 12.3. The minimum absolute atomic E-state index is 0.0294. The third-order valence-corrected chi connectivity index (χ3v) is 3.80. The summed E-state index contributed by atoms with van der Waals surface area (Å²) < 4.78 is 0. The lowest BCUT2D eigenvalue weighted by Crippen LogP contribution is -2.41. The molecule has 0 radical (unpaired) electrons. The van der Waals surface area contributed by atoms with Crippen LogP contribution in [0.15, 0.2) is 18.2 Å². The lowest BCUT2D eigenvalue weighted by Gasteiger charge is -2.34. The number of aliphatic hydroxyl groups is 1. The Bertz CT molecular complexity index is 360. The van der Waals surface area contributed by atoms with E-state index in [4.69, 9.17) is 5.73 Å². The van der Waals surface area contributed by atoms with Crippen molar-refractivity contribution in [3.05, 3.63) is 34.9 Å². The van der Waals surface area contributed by atoms with Crippen LogP contribution in [-0.2, 0) is 5.41 Å². The summed E-state index contributed by atoms with van der Waals surface area (Å²) in [5, 5.41) is 9.18. The van der Waals surface area contributed by atoms with Gasteiger partial charge in [-0.1, -0.05) is 25.1 Å². The molecule has 0 heterocycles. The van der Waals surface area contributed by atoms with E-state index in [1.165, 1.54) is 16.7 Å². The average Bonchev–Trinajstić information content (AvgIpc) is 2.22.